The molecule has 3 nitrogen and oxygen atoms in total. The summed E-state index contributed by atoms with van der Waals surface area (Å²) in [6, 6.07) is 62.8. The van der Waals surface area contributed by atoms with Gasteiger partial charge in [0, 0.05) is 60.8 Å². The van der Waals surface area contributed by atoms with E-state index in [2.05, 4.69) is 215 Å². The maximum Gasteiger partial charge on any atom is 0.333 e. The minimum atomic E-state index is -2.87. The molecule has 0 atom stereocenters. The zero-order valence-electron chi connectivity index (χ0n) is 35.5. The van der Waals surface area contributed by atoms with Gasteiger partial charge in [0.05, 0.1) is 0 Å². The van der Waals surface area contributed by atoms with E-state index in [1.807, 2.05) is 0 Å². The summed E-state index contributed by atoms with van der Waals surface area (Å²) in [5, 5.41) is 10.6. The number of anilines is 3. The minimum absolute atomic E-state index is 0.00387. The van der Waals surface area contributed by atoms with E-state index in [0.717, 1.165) is 21.9 Å². The van der Waals surface area contributed by atoms with E-state index in [-0.39, 0.29) is 17.7 Å². The Morgan fingerprint density at radius 3 is 1.92 bits per heavy atom. The Hall–Kier alpha value is -6.56. The van der Waals surface area contributed by atoms with E-state index in [4.69, 9.17) is 4.42 Å². The molecule has 5 heteroatoms. The quantitative estimate of drug-likeness (QED) is 0.162. The average Bonchev–Trinajstić information content (AvgIpc) is 3.81. The Morgan fingerprint density at radius 2 is 1.18 bits per heavy atom. The summed E-state index contributed by atoms with van der Waals surface area (Å²) >= 11 is 0. The molecule has 0 amide bonds. The van der Waals surface area contributed by atoms with Crippen LogP contribution in [0.4, 0.5) is 17.1 Å². The molecule has 8 aromatic carbocycles. The first kappa shape index (κ1) is 35.2. The van der Waals surface area contributed by atoms with Crippen molar-refractivity contribution in [2.24, 2.45) is 0 Å². The van der Waals surface area contributed by atoms with Crippen molar-refractivity contribution < 1.29 is 4.42 Å². The first-order valence-corrected chi connectivity index (χ1v) is 23.8. The van der Waals surface area contributed by atoms with Crippen LogP contribution in [-0.2, 0) is 10.8 Å². The third-order valence-electron chi connectivity index (χ3n) is 14.3. The van der Waals surface area contributed by atoms with Gasteiger partial charge in [-0.2, -0.15) is 0 Å². The van der Waals surface area contributed by atoms with Crippen LogP contribution >= 0.6 is 0 Å². The minimum Gasteiger partial charge on any atom is -0.455 e. The molecule has 0 spiro atoms. The normalized spacial score (nSPS) is 14.8. The Kier molecular flexibility index (Phi) is 6.83. The molecular weight excluding hydrogens is 756 g/mol. The van der Waals surface area contributed by atoms with Crippen LogP contribution in [0.25, 0.3) is 54.9 Å². The van der Waals surface area contributed by atoms with Gasteiger partial charge < -0.3 is 13.8 Å². The van der Waals surface area contributed by atoms with Crippen LogP contribution in [0.3, 0.4) is 0 Å². The highest BCUT2D eigenvalue weighted by Crippen LogP contribution is 2.51. The summed E-state index contributed by atoms with van der Waals surface area (Å²) in [6.07, 6.45) is 0. The van der Waals surface area contributed by atoms with Crippen LogP contribution in [0.2, 0.25) is 0 Å². The van der Waals surface area contributed by atoms with Crippen molar-refractivity contribution in [3.8, 4) is 11.1 Å². The number of para-hydroxylation sites is 3. The number of hydrogen-bond donors (Lipinski definition) is 0. The maximum absolute atomic E-state index is 7.12. The fourth-order valence-corrected chi connectivity index (χ4v) is 16.7. The number of aromatic nitrogens is 1. The van der Waals surface area contributed by atoms with Gasteiger partial charge in [-0.25, -0.2) is 0 Å². The second-order valence-corrected chi connectivity index (χ2v) is 23.4. The number of rotatable bonds is 2. The molecule has 0 radical (unpaired) electrons. The summed E-state index contributed by atoms with van der Waals surface area (Å²) in [7, 11) is -2.87. The predicted molar refractivity (Wildman–Crippen MR) is 262 cm³/mol. The Morgan fingerprint density at radius 1 is 0.525 bits per heavy atom. The lowest BCUT2D eigenvalue weighted by Crippen LogP contribution is -2.78. The van der Waals surface area contributed by atoms with Crippen molar-refractivity contribution in [2.45, 2.75) is 52.4 Å². The molecule has 0 saturated heterocycles. The Labute approximate surface area is 358 Å². The highest BCUT2D eigenvalue weighted by atomic mass is 28.3. The molecule has 0 fully saturated rings. The third-order valence-corrected chi connectivity index (χ3v) is 19.2. The first-order valence-electron chi connectivity index (χ1n) is 21.8. The topological polar surface area (TPSA) is 21.3 Å². The molecule has 5 heterocycles. The fourth-order valence-electron chi connectivity index (χ4n) is 11.6. The second kappa shape index (κ2) is 11.8. The zero-order valence-corrected chi connectivity index (χ0v) is 36.5. The number of fused-ring (bicyclic) bond motifs is 13. The molecular formula is C56H45BN2OSi. The van der Waals surface area contributed by atoms with Crippen LogP contribution in [0.5, 0.6) is 0 Å². The molecule has 2 aromatic heterocycles. The molecule has 0 bridgehead atoms. The summed E-state index contributed by atoms with van der Waals surface area (Å²) < 4.78 is 9.85. The van der Waals surface area contributed by atoms with E-state index < -0.39 is 8.07 Å². The molecule has 3 aliphatic heterocycles. The molecule has 0 saturated carbocycles. The van der Waals surface area contributed by atoms with E-state index in [9.17, 15) is 0 Å². The third kappa shape index (κ3) is 4.44. The molecule has 0 unspecified atom stereocenters. The first-order chi connectivity index (χ1) is 29.5. The summed E-state index contributed by atoms with van der Waals surface area (Å²) in [6.45, 7) is 13.9. The lowest BCUT2D eigenvalue weighted by Gasteiger charge is -2.49. The standard InChI is InChI=1S/C56H45BN2OSi/c1-55(2,3)34-28-29-44-39(30-34)40-31-35(56(4,5)6)32-42-50-51-46(33-41-38-22-13-15-25-47(38)60-54(41)50)58-45-24-14-16-26-48(45)61(36-18-9-7-10-19-36,37-20-11-8-12-21-37)49-27-17-23-43(53(49)58)57(51)59(44)52(40)42/h7-33H,1-6H3. The molecule has 13 rings (SSSR count). The fraction of sp³-hybridized carbons (Fsp3) is 0.143. The van der Waals surface area contributed by atoms with Crippen LogP contribution in [0.1, 0.15) is 52.7 Å². The number of benzene rings is 8. The largest absolute Gasteiger partial charge is 0.455 e. The van der Waals surface area contributed by atoms with E-state index in [0.29, 0.717) is 0 Å². The highest BCUT2D eigenvalue weighted by molar-refractivity contribution is 7.21. The van der Waals surface area contributed by atoms with Gasteiger partial charge in [-0.1, -0.05) is 163 Å². The Balaban J connectivity index is 1.27. The summed E-state index contributed by atoms with van der Waals surface area (Å²) in [4.78, 5) is 2.66. The zero-order chi connectivity index (χ0) is 41.2. The summed E-state index contributed by atoms with van der Waals surface area (Å²) in [5.74, 6) is 0. The van der Waals surface area contributed by atoms with Gasteiger partial charge in [-0.05, 0) is 96.1 Å². The Bertz CT molecular complexity index is 3470. The molecule has 3 aliphatic rings. The van der Waals surface area contributed by atoms with Crippen molar-refractivity contribution >= 4 is 107 Å². The number of furan rings is 1. The van der Waals surface area contributed by atoms with Crippen molar-refractivity contribution in [1.82, 2.24) is 4.48 Å². The molecule has 61 heavy (non-hydrogen) atoms. The lowest BCUT2D eigenvalue weighted by atomic mass is 9.45. The lowest BCUT2D eigenvalue weighted by molar-refractivity contribution is 0.590. The van der Waals surface area contributed by atoms with Crippen LogP contribution in [-0.4, -0.2) is 19.4 Å². The van der Waals surface area contributed by atoms with Gasteiger partial charge in [-0.3, -0.25) is 0 Å². The monoisotopic (exact) mass is 800 g/mol. The van der Waals surface area contributed by atoms with E-state index >= 15 is 0 Å². The van der Waals surface area contributed by atoms with Gasteiger partial charge in [0.15, 0.2) is 8.07 Å². The maximum atomic E-state index is 7.12. The number of nitrogens with zero attached hydrogens (tertiary/aromatic N) is 2. The number of hydrogen-bond acceptors (Lipinski definition) is 2. The van der Waals surface area contributed by atoms with Crippen LogP contribution in [0, 0.1) is 0 Å². The van der Waals surface area contributed by atoms with Gasteiger partial charge in [-0.15, -0.1) is 0 Å². The van der Waals surface area contributed by atoms with Gasteiger partial charge in [0.2, 0.25) is 0 Å². The SMILES string of the molecule is CC(C)(C)c1ccc2c(c1)c1cc(C(C)(C)C)cc3c1n2B1c2cccc4c2N(c2ccccc2[Si]4(c2ccccc2)c2ccccc2)c2cc4c(oc5ccccc54)c-3c21. The summed E-state index contributed by atoms with van der Waals surface area (Å²) in [5.41, 5.74) is 16.1. The smallest absolute Gasteiger partial charge is 0.333 e. The molecule has 0 aliphatic carbocycles. The van der Waals surface area contributed by atoms with E-state index in [1.165, 1.54) is 92.8 Å². The molecule has 292 valence electrons. The molecule has 0 N–H and O–H groups in total. The van der Waals surface area contributed by atoms with Gasteiger partial charge in [0.1, 0.15) is 11.2 Å². The predicted octanol–water partition coefficient (Wildman–Crippen LogP) is 10.4. The second-order valence-electron chi connectivity index (χ2n) is 19.7. The van der Waals surface area contributed by atoms with Crippen molar-refractivity contribution in [3.63, 3.8) is 0 Å². The van der Waals surface area contributed by atoms with Crippen molar-refractivity contribution in [2.75, 3.05) is 4.90 Å². The van der Waals surface area contributed by atoms with Crippen molar-refractivity contribution in [3.05, 3.63) is 175 Å². The average molecular weight is 801 g/mol. The van der Waals surface area contributed by atoms with Crippen LogP contribution in [0.15, 0.2) is 168 Å². The molecule has 10 aromatic rings. The highest BCUT2D eigenvalue weighted by Gasteiger charge is 2.54. The van der Waals surface area contributed by atoms with Crippen molar-refractivity contribution in [1.29, 1.82) is 0 Å². The van der Waals surface area contributed by atoms with Crippen LogP contribution < -0.4 is 36.6 Å². The van der Waals surface area contributed by atoms with Gasteiger partial charge >= 0.3 is 6.85 Å². The van der Waals surface area contributed by atoms with E-state index in [1.54, 1.807) is 0 Å². The van der Waals surface area contributed by atoms with Gasteiger partial charge in [0.25, 0.3) is 0 Å².